The van der Waals surface area contributed by atoms with E-state index in [2.05, 4.69) is 35.7 Å². The Morgan fingerprint density at radius 1 is 1.19 bits per heavy atom. The molecule has 9 nitrogen and oxygen atoms in total. The number of hydrogen-bond acceptors (Lipinski definition) is 9. The van der Waals surface area contributed by atoms with Gasteiger partial charge >= 0.3 is 0 Å². The highest BCUT2D eigenvalue weighted by Gasteiger charge is 2.10. The third-order valence-electron chi connectivity index (χ3n) is 4.22. The average molecular weight is 468 g/mol. The Labute approximate surface area is 193 Å². The van der Waals surface area contributed by atoms with Gasteiger partial charge in [-0.05, 0) is 37.6 Å². The summed E-state index contributed by atoms with van der Waals surface area (Å²) in [6.07, 6.45) is 4.10. The molecular formula is C21H21N7O2S2. The van der Waals surface area contributed by atoms with Gasteiger partial charge in [0.2, 0.25) is 5.91 Å². The molecule has 4 aromatic rings. The number of carbonyl (C=O) groups is 1. The number of aromatic nitrogens is 6. The Bertz CT molecular complexity index is 1170. The monoisotopic (exact) mass is 467 g/mol. The summed E-state index contributed by atoms with van der Waals surface area (Å²) in [4.78, 5) is 26.3. The van der Waals surface area contributed by atoms with E-state index in [9.17, 15) is 4.79 Å². The Kier molecular flexibility index (Phi) is 7.07. The van der Waals surface area contributed by atoms with Crippen molar-refractivity contribution in [3.8, 4) is 5.75 Å². The van der Waals surface area contributed by atoms with Crippen LogP contribution in [0.4, 0.5) is 5.13 Å². The number of thiazole rings is 1. The van der Waals surface area contributed by atoms with Gasteiger partial charge in [-0.2, -0.15) is 15.4 Å². The standard InChI is InChI=1S/C21H21N7O2S2/c1-13-6-14(2)25-21(24-13)31-12-19(29)26-20-22-10-18(32-20)8-15-4-3-5-17(7-15)30-11-16-9-23-28-27-16/h3-7,9-10H,8,11-12H2,1-2H3,(H,22,26,29)(H,23,27,28). The number of thioether (sulfide) groups is 1. The van der Waals surface area contributed by atoms with Gasteiger partial charge in [0.1, 0.15) is 18.1 Å². The molecule has 0 aliphatic heterocycles. The van der Waals surface area contributed by atoms with Gasteiger partial charge in [-0.1, -0.05) is 23.9 Å². The molecule has 0 aliphatic carbocycles. The van der Waals surface area contributed by atoms with Gasteiger partial charge < -0.3 is 10.1 Å². The van der Waals surface area contributed by atoms with E-state index in [0.717, 1.165) is 33.3 Å². The molecular weight excluding hydrogens is 446 g/mol. The molecule has 0 aliphatic rings. The zero-order valence-electron chi connectivity index (χ0n) is 17.5. The number of carbonyl (C=O) groups excluding carboxylic acids is 1. The molecule has 0 unspecified atom stereocenters. The lowest BCUT2D eigenvalue weighted by atomic mass is 10.1. The second kappa shape index (κ2) is 10.3. The maximum absolute atomic E-state index is 12.3. The molecule has 0 radical (unpaired) electrons. The van der Waals surface area contributed by atoms with Gasteiger partial charge in [0.25, 0.3) is 0 Å². The zero-order chi connectivity index (χ0) is 22.3. The average Bonchev–Trinajstić information content (AvgIpc) is 3.43. The van der Waals surface area contributed by atoms with Crippen LogP contribution in [0.15, 0.2) is 47.9 Å². The van der Waals surface area contributed by atoms with E-state index in [1.54, 1.807) is 12.4 Å². The Morgan fingerprint density at radius 3 is 2.81 bits per heavy atom. The number of anilines is 1. The van der Waals surface area contributed by atoms with Crippen LogP contribution in [0.3, 0.4) is 0 Å². The Morgan fingerprint density at radius 2 is 2.03 bits per heavy atom. The molecule has 164 valence electrons. The first-order valence-corrected chi connectivity index (χ1v) is 11.6. The van der Waals surface area contributed by atoms with Gasteiger partial charge in [0.15, 0.2) is 10.3 Å². The first kappa shape index (κ1) is 21.9. The molecule has 0 fully saturated rings. The maximum Gasteiger partial charge on any atom is 0.236 e. The van der Waals surface area contributed by atoms with E-state index >= 15 is 0 Å². The molecule has 0 atom stereocenters. The molecule has 0 saturated carbocycles. The summed E-state index contributed by atoms with van der Waals surface area (Å²) in [7, 11) is 0. The van der Waals surface area contributed by atoms with Crippen LogP contribution in [0.5, 0.6) is 5.75 Å². The maximum atomic E-state index is 12.3. The van der Waals surface area contributed by atoms with Gasteiger partial charge in [-0.25, -0.2) is 15.0 Å². The number of ether oxygens (including phenoxy) is 1. The minimum Gasteiger partial charge on any atom is -0.487 e. The van der Waals surface area contributed by atoms with Crippen LogP contribution in [0.2, 0.25) is 0 Å². The zero-order valence-corrected chi connectivity index (χ0v) is 19.2. The van der Waals surface area contributed by atoms with Gasteiger partial charge in [0, 0.05) is 28.9 Å². The number of rotatable bonds is 9. The summed E-state index contributed by atoms with van der Waals surface area (Å²) in [5, 5.41) is 14.3. The van der Waals surface area contributed by atoms with Crippen molar-refractivity contribution >= 4 is 34.1 Å². The first-order valence-electron chi connectivity index (χ1n) is 9.79. The summed E-state index contributed by atoms with van der Waals surface area (Å²) < 4.78 is 5.76. The molecule has 2 N–H and O–H groups in total. The van der Waals surface area contributed by atoms with Crippen molar-refractivity contribution in [3.63, 3.8) is 0 Å². The van der Waals surface area contributed by atoms with Crippen LogP contribution in [0, 0.1) is 13.8 Å². The number of amides is 1. The van der Waals surface area contributed by atoms with E-state index in [1.807, 2.05) is 44.2 Å². The van der Waals surface area contributed by atoms with Crippen LogP contribution >= 0.6 is 23.1 Å². The number of hydrogen-bond donors (Lipinski definition) is 2. The molecule has 4 rings (SSSR count). The topological polar surface area (TPSA) is 119 Å². The highest BCUT2D eigenvalue weighted by molar-refractivity contribution is 7.99. The Hall–Kier alpha value is -3.31. The second-order valence-electron chi connectivity index (χ2n) is 6.98. The molecule has 0 bridgehead atoms. The molecule has 0 saturated heterocycles. The van der Waals surface area contributed by atoms with Crippen molar-refractivity contribution in [3.05, 3.63) is 70.2 Å². The van der Waals surface area contributed by atoms with Crippen LogP contribution in [-0.2, 0) is 17.8 Å². The number of benzene rings is 1. The number of aryl methyl sites for hydroxylation is 2. The highest BCUT2D eigenvalue weighted by Crippen LogP contribution is 2.24. The first-order chi connectivity index (χ1) is 15.5. The molecule has 1 amide bonds. The van der Waals surface area contributed by atoms with E-state index in [4.69, 9.17) is 4.74 Å². The number of nitrogens with zero attached hydrogens (tertiary/aromatic N) is 5. The van der Waals surface area contributed by atoms with Crippen molar-refractivity contribution < 1.29 is 9.53 Å². The fourth-order valence-corrected chi connectivity index (χ4v) is 4.50. The third-order valence-corrected chi connectivity index (χ3v) is 5.98. The second-order valence-corrected chi connectivity index (χ2v) is 9.03. The van der Waals surface area contributed by atoms with E-state index in [0.29, 0.717) is 23.3 Å². The van der Waals surface area contributed by atoms with Crippen LogP contribution in [0.1, 0.15) is 27.5 Å². The predicted octanol–water partition coefficient (Wildman–Crippen LogP) is 3.57. The minimum atomic E-state index is -0.137. The quantitative estimate of drug-likeness (QED) is 0.283. The highest BCUT2D eigenvalue weighted by atomic mass is 32.2. The van der Waals surface area contributed by atoms with Gasteiger partial charge in [-0.3, -0.25) is 4.79 Å². The lowest BCUT2D eigenvalue weighted by Gasteiger charge is -2.06. The van der Waals surface area contributed by atoms with Crippen molar-refractivity contribution in [1.82, 2.24) is 30.4 Å². The summed E-state index contributed by atoms with van der Waals surface area (Å²) >= 11 is 2.76. The number of nitrogens with one attached hydrogen (secondary N) is 2. The van der Waals surface area contributed by atoms with Crippen molar-refractivity contribution in [2.75, 3.05) is 11.1 Å². The van der Waals surface area contributed by atoms with Crippen molar-refractivity contribution in [2.45, 2.75) is 32.0 Å². The summed E-state index contributed by atoms with van der Waals surface area (Å²) in [6.45, 7) is 4.17. The van der Waals surface area contributed by atoms with E-state index in [-0.39, 0.29) is 11.7 Å². The lowest BCUT2D eigenvalue weighted by molar-refractivity contribution is -0.113. The molecule has 1 aromatic carbocycles. The van der Waals surface area contributed by atoms with Gasteiger partial charge in [-0.15, -0.1) is 11.3 Å². The third kappa shape index (κ3) is 6.34. The summed E-state index contributed by atoms with van der Waals surface area (Å²) in [5.74, 6) is 0.846. The van der Waals surface area contributed by atoms with Crippen molar-refractivity contribution in [2.24, 2.45) is 0 Å². The predicted molar refractivity (Wildman–Crippen MR) is 123 cm³/mol. The molecule has 11 heteroatoms. The summed E-state index contributed by atoms with van der Waals surface area (Å²) in [5.41, 5.74) is 3.60. The van der Waals surface area contributed by atoms with Crippen molar-refractivity contribution in [1.29, 1.82) is 0 Å². The van der Waals surface area contributed by atoms with Gasteiger partial charge in [0.05, 0.1) is 11.9 Å². The molecule has 32 heavy (non-hydrogen) atoms. The van der Waals surface area contributed by atoms with E-state index < -0.39 is 0 Å². The number of H-pyrrole nitrogens is 1. The smallest absolute Gasteiger partial charge is 0.236 e. The molecule has 0 spiro atoms. The SMILES string of the molecule is Cc1cc(C)nc(SCC(=O)Nc2ncc(Cc3cccc(OCc4cn[nH]n4)c3)s2)n1. The minimum absolute atomic E-state index is 0.137. The van der Waals surface area contributed by atoms with E-state index in [1.165, 1.54) is 23.1 Å². The fourth-order valence-electron chi connectivity index (χ4n) is 2.89. The van der Waals surface area contributed by atoms with Crippen LogP contribution < -0.4 is 10.1 Å². The molecule has 3 aromatic heterocycles. The normalized spacial score (nSPS) is 10.8. The summed E-state index contributed by atoms with van der Waals surface area (Å²) in [6, 6.07) is 9.77. The largest absolute Gasteiger partial charge is 0.487 e. The Balaban J connectivity index is 1.29. The van der Waals surface area contributed by atoms with Crippen LogP contribution in [-0.4, -0.2) is 42.0 Å². The molecule has 3 heterocycles. The number of aromatic amines is 1. The van der Waals surface area contributed by atoms with Crippen LogP contribution in [0.25, 0.3) is 0 Å². The fraction of sp³-hybridized carbons (Fsp3) is 0.238. The lowest BCUT2D eigenvalue weighted by Crippen LogP contribution is -2.14.